The molecule has 0 atom stereocenters. The third kappa shape index (κ3) is 6.40. The van der Waals surface area contributed by atoms with E-state index in [1.807, 2.05) is 55.5 Å². The summed E-state index contributed by atoms with van der Waals surface area (Å²) in [5, 5.41) is 5.70. The zero-order valence-corrected chi connectivity index (χ0v) is 25.3. The van der Waals surface area contributed by atoms with Crippen molar-refractivity contribution in [2.75, 3.05) is 6.61 Å². The molecule has 41 heavy (non-hydrogen) atoms. The Bertz CT molecular complexity index is 1790. The molecular weight excluding hydrogens is 676 g/mol. The van der Waals surface area contributed by atoms with Crippen molar-refractivity contribution < 1.29 is 19.1 Å². The summed E-state index contributed by atoms with van der Waals surface area (Å²) in [5.41, 5.74) is 6.42. The third-order valence-corrected chi connectivity index (χ3v) is 7.52. The van der Waals surface area contributed by atoms with E-state index >= 15 is 0 Å². The number of H-pyrrole nitrogens is 1. The highest BCUT2D eigenvalue weighted by atomic mass is 127. The van der Waals surface area contributed by atoms with Crippen LogP contribution in [0.1, 0.15) is 33.3 Å². The fourth-order valence-electron chi connectivity index (χ4n) is 4.25. The Morgan fingerprint density at radius 2 is 1.78 bits per heavy atom. The van der Waals surface area contributed by atoms with E-state index in [9.17, 15) is 9.59 Å². The molecule has 1 amide bonds. The summed E-state index contributed by atoms with van der Waals surface area (Å²) in [7, 11) is 0. The lowest BCUT2D eigenvalue weighted by Gasteiger charge is -2.12. The van der Waals surface area contributed by atoms with Crippen molar-refractivity contribution in [2.45, 2.75) is 6.92 Å². The lowest BCUT2D eigenvalue weighted by Crippen LogP contribution is -2.19. The second-order valence-corrected chi connectivity index (χ2v) is 10.8. The standard InChI is InChI=1S/C31H22Cl2IN3O4/c1-2-40-26-15-18(11-14-25(26)41-31(39)21-13-12-20(32)16-23(21)33)17-35-37-30(38)29-27(19-7-4-3-5-8-19)22-9-6-10-24(34)28(22)36-29/h3-17,36H,2H2,1H3,(H,37,38). The van der Waals surface area contributed by atoms with Crippen molar-refractivity contribution in [3.05, 3.63) is 115 Å². The first kappa shape index (κ1) is 28.7. The predicted octanol–water partition coefficient (Wildman–Crippen LogP) is 8.13. The monoisotopic (exact) mass is 697 g/mol. The summed E-state index contributed by atoms with van der Waals surface area (Å²) in [6, 6.07) is 25.1. The normalized spacial score (nSPS) is 11.1. The van der Waals surface area contributed by atoms with Crippen LogP contribution in [0.3, 0.4) is 0 Å². The van der Waals surface area contributed by atoms with Crippen LogP contribution < -0.4 is 14.9 Å². The molecule has 0 saturated carbocycles. The fraction of sp³-hybridized carbons (Fsp3) is 0.0645. The summed E-state index contributed by atoms with van der Waals surface area (Å²) in [6.07, 6.45) is 1.48. The number of aromatic nitrogens is 1. The second-order valence-electron chi connectivity index (χ2n) is 8.76. The van der Waals surface area contributed by atoms with Crippen LogP contribution in [0, 0.1) is 3.57 Å². The van der Waals surface area contributed by atoms with Gasteiger partial charge in [0.2, 0.25) is 0 Å². The first-order valence-corrected chi connectivity index (χ1v) is 14.3. The third-order valence-electron chi connectivity index (χ3n) is 6.07. The number of hydrazone groups is 1. The Hall–Kier alpha value is -3.86. The van der Waals surface area contributed by atoms with Gasteiger partial charge in [0, 0.05) is 19.5 Å². The van der Waals surface area contributed by atoms with E-state index in [-0.39, 0.29) is 22.2 Å². The van der Waals surface area contributed by atoms with Gasteiger partial charge in [-0.1, -0.05) is 65.7 Å². The number of nitrogens with zero attached hydrogens (tertiary/aromatic N) is 1. The minimum atomic E-state index is -0.650. The number of para-hydroxylation sites is 1. The zero-order valence-electron chi connectivity index (χ0n) is 21.6. The summed E-state index contributed by atoms with van der Waals surface area (Å²) in [6.45, 7) is 2.15. The number of nitrogens with one attached hydrogen (secondary N) is 2. The summed E-state index contributed by atoms with van der Waals surface area (Å²) < 4.78 is 12.2. The van der Waals surface area contributed by atoms with Crippen molar-refractivity contribution in [1.29, 1.82) is 0 Å². The number of fused-ring (bicyclic) bond motifs is 1. The smallest absolute Gasteiger partial charge is 0.345 e. The molecule has 0 spiro atoms. The van der Waals surface area contributed by atoms with Gasteiger partial charge in [0.15, 0.2) is 11.5 Å². The van der Waals surface area contributed by atoms with Crippen molar-refractivity contribution >= 4 is 74.8 Å². The van der Waals surface area contributed by atoms with Crippen LogP contribution in [0.4, 0.5) is 0 Å². The summed E-state index contributed by atoms with van der Waals surface area (Å²) in [4.78, 5) is 29.3. The maximum absolute atomic E-state index is 13.3. The van der Waals surface area contributed by atoms with E-state index in [0.717, 1.165) is 25.6 Å². The number of amides is 1. The van der Waals surface area contributed by atoms with E-state index in [1.54, 1.807) is 24.3 Å². The number of carbonyl (C=O) groups is 2. The molecule has 0 aliphatic carbocycles. The number of esters is 1. The fourth-order valence-corrected chi connectivity index (χ4v) is 5.36. The van der Waals surface area contributed by atoms with Crippen LogP contribution in [-0.2, 0) is 0 Å². The van der Waals surface area contributed by atoms with Crippen LogP contribution in [0.5, 0.6) is 11.5 Å². The molecule has 0 aliphatic heterocycles. The zero-order chi connectivity index (χ0) is 28.9. The molecule has 1 aromatic heterocycles. The molecule has 1 heterocycles. The molecule has 10 heteroatoms. The van der Waals surface area contributed by atoms with E-state index in [4.69, 9.17) is 32.7 Å². The lowest BCUT2D eigenvalue weighted by atomic mass is 10.0. The van der Waals surface area contributed by atoms with Gasteiger partial charge in [0.1, 0.15) is 5.69 Å². The SMILES string of the molecule is CCOc1cc(C=NNC(=O)c2[nH]c3c(I)cccc3c2-c2ccccc2)ccc1OC(=O)c1ccc(Cl)cc1Cl. The molecule has 5 rings (SSSR count). The van der Waals surface area contributed by atoms with E-state index in [2.05, 4.69) is 38.1 Å². The number of hydrogen-bond donors (Lipinski definition) is 2. The van der Waals surface area contributed by atoms with Gasteiger partial charge in [-0.3, -0.25) is 4.79 Å². The molecule has 0 radical (unpaired) electrons. The van der Waals surface area contributed by atoms with Gasteiger partial charge in [-0.15, -0.1) is 0 Å². The predicted molar refractivity (Wildman–Crippen MR) is 171 cm³/mol. The van der Waals surface area contributed by atoms with Crippen LogP contribution in [0.15, 0.2) is 90.0 Å². The highest BCUT2D eigenvalue weighted by molar-refractivity contribution is 14.1. The molecule has 206 valence electrons. The van der Waals surface area contributed by atoms with Gasteiger partial charge < -0.3 is 14.5 Å². The Morgan fingerprint density at radius 1 is 0.976 bits per heavy atom. The topological polar surface area (TPSA) is 92.8 Å². The molecule has 5 aromatic rings. The van der Waals surface area contributed by atoms with Gasteiger partial charge in [0.05, 0.1) is 28.9 Å². The molecule has 0 unspecified atom stereocenters. The molecule has 0 bridgehead atoms. The van der Waals surface area contributed by atoms with Gasteiger partial charge in [0.25, 0.3) is 5.91 Å². The molecule has 2 N–H and O–H groups in total. The number of benzene rings is 4. The molecule has 7 nitrogen and oxygen atoms in total. The second kappa shape index (κ2) is 12.8. The summed E-state index contributed by atoms with van der Waals surface area (Å²) >= 11 is 14.3. The summed E-state index contributed by atoms with van der Waals surface area (Å²) in [5.74, 6) is -0.493. The molecule has 0 aliphatic rings. The molecular formula is C31H22Cl2IN3O4. The number of hydrogen-bond acceptors (Lipinski definition) is 5. The number of ether oxygens (including phenoxy) is 2. The Kier molecular flexibility index (Phi) is 8.92. The number of halogens is 3. The van der Waals surface area contributed by atoms with E-state index in [0.29, 0.717) is 28.6 Å². The number of aromatic amines is 1. The van der Waals surface area contributed by atoms with Crippen molar-refractivity contribution in [2.24, 2.45) is 5.10 Å². The average molecular weight is 698 g/mol. The van der Waals surface area contributed by atoms with Gasteiger partial charge in [-0.05, 0) is 83.1 Å². The van der Waals surface area contributed by atoms with Gasteiger partial charge >= 0.3 is 5.97 Å². The van der Waals surface area contributed by atoms with Gasteiger partial charge in [-0.2, -0.15) is 5.10 Å². The van der Waals surface area contributed by atoms with Crippen molar-refractivity contribution in [3.8, 4) is 22.6 Å². The van der Waals surface area contributed by atoms with E-state index < -0.39 is 5.97 Å². The maximum atomic E-state index is 13.3. The quantitative estimate of drug-likeness (QED) is 0.0563. The van der Waals surface area contributed by atoms with Crippen molar-refractivity contribution in [3.63, 3.8) is 0 Å². The van der Waals surface area contributed by atoms with E-state index in [1.165, 1.54) is 18.3 Å². The largest absolute Gasteiger partial charge is 0.490 e. The Labute approximate surface area is 259 Å². The maximum Gasteiger partial charge on any atom is 0.345 e. The van der Waals surface area contributed by atoms with Crippen LogP contribution in [0.25, 0.3) is 22.0 Å². The van der Waals surface area contributed by atoms with Gasteiger partial charge in [-0.25, -0.2) is 10.2 Å². The molecule has 0 saturated heterocycles. The first-order chi connectivity index (χ1) is 19.9. The lowest BCUT2D eigenvalue weighted by molar-refractivity contribution is 0.0728. The average Bonchev–Trinajstić information content (AvgIpc) is 3.36. The number of carbonyl (C=O) groups excluding carboxylic acids is 2. The minimum absolute atomic E-state index is 0.174. The Balaban J connectivity index is 1.36. The Morgan fingerprint density at radius 3 is 2.54 bits per heavy atom. The van der Waals surface area contributed by atoms with Crippen LogP contribution >= 0.6 is 45.8 Å². The van der Waals surface area contributed by atoms with Crippen LogP contribution in [-0.4, -0.2) is 29.7 Å². The van der Waals surface area contributed by atoms with Crippen molar-refractivity contribution in [1.82, 2.24) is 10.4 Å². The highest BCUT2D eigenvalue weighted by Crippen LogP contribution is 2.34. The van der Waals surface area contributed by atoms with Crippen LogP contribution in [0.2, 0.25) is 10.0 Å². The molecule has 0 fully saturated rings. The minimum Gasteiger partial charge on any atom is -0.490 e. The molecule has 4 aromatic carbocycles. The number of rotatable bonds is 8. The highest BCUT2D eigenvalue weighted by Gasteiger charge is 2.20. The first-order valence-electron chi connectivity index (χ1n) is 12.5.